The topological polar surface area (TPSA) is 98.0 Å². The largest absolute Gasteiger partial charge is 0.433 e. The van der Waals surface area contributed by atoms with Gasteiger partial charge < -0.3 is 0 Å². The van der Waals surface area contributed by atoms with Crippen LogP contribution >= 0.6 is 0 Å². The Morgan fingerprint density at radius 1 is 1.12 bits per heavy atom. The molecule has 13 heteroatoms. The van der Waals surface area contributed by atoms with Crippen molar-refractivity contribution < 1.29 is 30.8 Å². The minimum absolute atomic E-state index is 0.0159. The number of halogens is 4. The van der Waals surface area contributed by atoms with E-state index in [-0.39, 0.29) is 37.4 Å². The lowest BCUT2D eigenvalue weighted by atomic mass is 9.65. The van der Waals surface area contributed by atoms with Gasteiger partial charge in [0.1, 0.15) is 22.1 Å². The number of carbonyl (C=O) groups excluding carboxylic acids is 1. The normalized spacial score (nSPS) is 20.0. The molecule has 0 aromatic carbocycles. The third-order valence-electron chi connectivity index (χ3n) is 7.39. The standard InChI is InChI=1S/C29H25F4N5O3S/c1-3-22(30)8-7-19(2)38-25-14-21-11-13-37(42(40,41)23-9-10-26(35-17-23)29(31,32)33)18-28(21,15-20(25)16-36-38)27(39)24-6-4-5-12-34-24/h3-10,12,14,16-17H,1,11,13,15,18H2,2H3/b19-7+,22-8+/t28-/m0/s1. The van der Waals surface area contributed by atoms with E-state index in [0.717, 1.165) is 16.4 Å². The molecule has 0 saturated carbocycles. The van der Waals surface area contributed by atoms with Crippen LogP contribution in [0, 0.1) is 5.41 Å². The number of allylic oxidation sites excluding steroid dienone is 5. The number of fused-ring (bicyclic) bond motifs is 2. The van der Waals surface area contributed by atoms with Crippen molar-refractivity contribution >= 4 is 27.6 Å². The second-order valence-corrected chi connectivity index (χ2v) is 11.9. The highest BCUT2D eigenvalue weighted by Crippen LogP contribution is 2.47. The average molecular weight is 600 g/mol. The molecule has 1 fully saturated rings. The first-order valence-electron chi connectivity index (χ1n) is 12.8. The summed E-state index contributed by atoms with van der Waals surface area (Å²) in [5.74, 6) is -0.910. The number of sulfonamides is 1. The molecular weight excluding hydrogens is 574 g/mol. The molecule has 2 aliphatic rings. The molecule has 218 valence electrons. The molecular formula is C29H25F4N5O3S. The van der Waals surface area contributed by atoms with Gasteiger partial charge in [0.15, 0.2) is 5.78 Å². The van der Waals surface area contributed by atoms with E-state index in [2.05, 4.69) is 21.6 Å². The predicted molar refractivity (Wildman–Crippen MR) is 147 cm³/mol. The molecule has 0 spiro atoms. The zero-order chi connectivity index (χ0) is 30.3. The molecule has 1 aliphatic carbocycles. The minimum atomic E-state index is -4.72. The van der Waals surface area contributed by atoms with Crippen molar-refractivity contribution in [2.75, 3.05) is 13.1 Å². The van der Waals surface area contributed by atoms with Crippen molar-refractivity contribution in [2.24, 2.45) is 5.41 Å². The minimum Gasteiger partial charge on any atom is -0.291 e. The average Bonchev–Trinajstić information content (AvgIpc) is 3.40. The first-order valence-corrected chi connectivity index (χ1v) is 14.2. The van der Waals surface area contributed by atoms with Gasteiger partial charge >= 0.3 is 6.18 Å². The van der Waals surface area contributed by atoms with Crippen molar-refractivity contribution in [1.29, 1.82) is 0 Å². The number of aromatic nitrogens is 4. The molecule has 0 unspecified atom stereocenters. The van der Waals surface area contributed by atoms with E-state index in [1.807, 2.05) is 0 Å². The van der Waals surface area contributed by atoms with Crippen molar-refractivity contribution in [3.05, 3.63) is 108 Å². The van der Waals surface area contributed by atoms with Crippen molar-refractivity contribution in [2.45, 2.75) is 30.8 Å². The Morgan fingerprint density at radius 2 is 1.90 bits per heavy atom. The smallest absolute Gasteiger partial charge is 0.291 e. The molecule has 0 radical (unpaired) electrons. The maximum absolute atomic E-state index is 14.1. The molecule has 0 bridgehead atoms. The number of hydrogen-bond acceptors (Lipinski definition) is 6. The van der Waals surface area contributed by atoms with Crippen LogP contribution in [0.25, 0.3) is 11.8 Å². The molecule has 4 heterocycles. The van der Waals surface area contributed by atoms with E-state index >= 15 is 0 Å². The SMILES string of the molecule is C=C/C(F)=C\C=C(/C)n1ncc2c1C=C1CCN(S(=O)(=O)c3ccc(C(F)(F)F)nc3)C[C@@]1(C(=O)c1ccccn1)C2. The Hall–Kier alpha value is -4.23. The quantitative estimate of drug-likeness (QED) is 0.202. The van der Waals surface area contributed by atoms with E-state index in [9.17, 15) is 30.8 Å². The summed E-state index contributed by atoms with van der Waals surface area (Å²) in [5.41, 5.74) is 0.213. The molecule has 0 N–H and O–H groups in total. The Kier molecular flexibility index (Phi) is 7.58. The van der Waals surface area contributed by atoms with E-state index in [1.165, 1.54) is 18.3 Å². The van der Waals surface area contributed by atoms with Crippen LogP contribution in [0.15, 0.2) is 90.0 Å². The Bertz CT molecular complexity index is 1740. The monoisotopic (exact) mass is 599 g/mol. The van der Waals surface area contributed by atoms with Crippen LogP contribution in [-0.2, 0) is 22.6 Å². The molecule has 1 saturated heterocycles. The first-order chi connectivity index (χ1) is 19.9. The van der Waals surface area contributed by atoms with Crippen LogP contribution in [0.4, 0.5) is 17.6 Å². The van der Waals surface area contributed by atoms with Gasteiger partial charge in [-0.3, -0.25) is 14.8 Å². The zero-order valence-electron chi connectivity index (χ0n) is 22.3. The molecule has 3 aromatic rings. The van der Waals surface area contributed by atoms with Crippen molar-refractivity contribution in [1.82, 2.24) is 24.1 Å². The van der Waals surface area contributed by atoms with Crippen LogP contribution in [0.3, 0.4) is 0 Å². The summed E-state index contributed by atoms with van der Waals surface area (Å²) >= 11 is 0. The Balaban J connectivity index is 1.56. The predicted octanol–water partition coefficient (Wildman–Crippen LogP) is 5.50. The van der Waals surface area contributed by atoms with Gasteiger partial charge in [-0.25, -0.2) is 17.5 Å². The third kappa shape index (κ3) is 5.25. The van der Waals surface area contributed by atoms with Gasteiger partial charge in [-0.1, -0.05) is 18.2 Å². The first kappa shape index (κ1) is 29.3. The van der Waals surface area contributed by atoms with Gasteiger partial charge in [-0.05, 0) is 73.9 Å². The maximum Gasteiger partial charge on any atom is 0.433 e. The highest BCUT2D eigenvalue weighted by atomic mass is 32.2. The van der Waals surface area contributed by atoms with Crippen LogP contribution < -0.4 is 0 Å². The Labute approximate surface area is 239 Å². The van der Waals surface area contributed by atoms with Gasteiger partial charge in [0, 0.05) is 31.2 Å². The lowest BCUT2D eigenvalue weighted by Crippen LogP contribution is -2.53. The van der Waals surface area contributed by atoms with Gasteiger partial charge in [0.25, 0.3) is 0 Å². The molecule has 0 amide bonds. The lowest BCUT2D eigenvalue weighted by molar-refractivity contribution is -0.141. The number of rotatable bonds is 7. The second-order valence-electron chi connectivity index (χ2n) is 9.97. The summed E-state index contributed by atoms with van der Waals surface area (Å²) in [5, 5.41) is 4.43. The number of hydrogen-bond donors (Lipinski definition) is 0. The second kappa shape index (κ2) is 10.9. The van der Waals surface area contributed by atoms with Gasteiger partial charge in [-0.15, -0.1) is 0 Å². The number of piperidine rings is 1. The van der Waals surface area contributed by atoms with E-state index in [4.69, 9.17) is 0 Å². The summed E-state index contributed by atoms with van der Waals surface area (Å²) in [6.45, 7) is 4.85. The number of Topliss-reactive ketones (excluding diaryl/α,β-unsaturated/α-hetero) is 1. The molecule has 42 heavy (non-hydrogen) atoms. The summed E-state index contributed by atoms with van der Waals surface area (Å²) in [6.07, 6.45) is 4.94. The number of carbonyl (C=O) groups is 1. The van der Waals surface area contributed by atoms with E-state index < -0.39 is 38.0 Å². The summed E-state index contributed by atoms with van der Waals surface area (Å²) in [4.78, 5) is 21.2. The number of pyridine rings is 2. The zero-order valence-corrected chi connectivity index (χ0v) is 23.2. The third-order valence-corrected chi connectivity index (χ3v) is 9.22. The fraction of sp³-hybridized carbons (Fsp3) is 0.241. The lowest BCUT2D eigenvalue weighted by Gasteiger charge is -2.44. The summed E-state index contributed by atoms with van der Waals surface area (Å²) < 4.78 is 82.6. The van der Waals surface area contributed by atoms with Crippen LogP contribution in [0.1, 0.15) is 40.8 Å². The summed E-state index contributed by atoms with van der Waals surface area (Å²) in [6, 6.07) is 6.34. The number of nitrogens with zero attached hydrogens (tertiary/aromatic N) is 5. The molecule has 1 atom stereocenters. The van der Waals surface area contributed by atoms with Gasteiger partial charge in [0.2, 0.25) is 10.0 Å². The molecule has 1 aliphatic heterocycles. The fourth-order valence-electron chi connectivity index (χ4n) is 5.23. The van der Waals surface area contributed by atoms with Crippen LogP contribution in [0.2, 0.25) is 0 Å². The van der Waals surface area contributed by atoms with Crippen molar-refractivity contribution in [3.63, 3.8) is 0 Å². The maximum atomic E-state index is 14.1. The molecule has 3 aromatic heterocycles. The van der Waals surface area contributed by atoms with Crippen molar-refractivity contribution in [3.8, 4) is 0 Å². The summed E-state index contributed by atoms with van der Waals surface area (Å²) in [7, 11) is -4.31. The van der Waals surface area contributed by atoms with E-state index in [1.54, 1.807) is 42.1 Å². The van der Waals surface area contributed by atoms with E-state index in [0.29, 0.717) is 34.8 Å². The van der Waals surface area contributed by atoms with Crippen LogP contribution in [-0.4, -0.2) is 51.3 Å². The number of ketones is 1. The fourth-order valence-corrected chi connectivity index (χ4v) is 6.68. The number of alkyl halides is 3. The van der Waals surface area contributed by atoms with Crippen LogP contribution in [0.5, 0.6) is 0 Å². The highest BCUT2D eigenvalue weighted by Gasteiger charge is 2.51. The van der Waals surface area contributed by atoms with Gasteiger partial charge in [0.05, 0.1) is 17.3 Å². The highest BCUT2D eigenvalue weighted by molar-refractivity contribution is 7.89. The van der Waals surface area contributed by atoms with Gasteiger partial charge in [-0.2, -0.15) is 22.6 Å². The molecule has 5 rings (SSSR count). The molecule has 8 nitrogen and oxygen atoms in total. The Morgan fingerprint density at radius 3 is 2.55 bits per heavy atom.